The maximum Gasteiger partial charge on any atom is 0.222 e. The number of hydrogen-bond acceptors (Lipinski definition) is 1. The van der Waals surface area contributed by atoms with E-state index in [0.717, 1.165) is 38.3 Å². The lowest BCUT2D eigenvalue weighted by molar-refractivity contribution is -0.134. The lowest BCUT2D eigenvalue weighted by Gasteiger charge is -2.31. The van der Waals surface area contributed by atoms with E-state index in [9.17, 15) is 4.79 Å². The third-order valence-corrected chi connectivity index (χ3v) is 2.67. The molecule has 1 aliphatic rings. The molecule has 1 amide bonds. The van der Waals surface area contributed by atoms with Crippen molar-refractivity contribution >= 4 is 5.91 Å². The highest BCUT2D eigenvalue weighted by Crippen LogP contribution is 2.19. The standard InChI is InChI=1S/C10H19NO/c1-3-7-11-8-9(4-2)5-6-10(11)12/h9H,3-8H2,1-2H3. The van der Waals surface area contributed by atoms with Crippen molar-refractivity contribution in [3.8, 4) is 0 Å². The van der Waals surface area contributed by atoms with Crippen molar-refractivity contribution in [2.75, 3.05) is 13.1 Å². The van der Waals surface area contributed by atoms with Gasteiger partial charge in [0.15, 0.2) is 0 Å². The summed E-state index contributed by atoms with van der Waals surface area (Å²) in [5.74, 6) is 1.12. The Morgan fingerprint density at radius 1 is 1.50 bits per heavy atom. The smallest absolute Gasteiger partial charge is 0.222 e. The van der Waals surface area contributed by atoms with Crippen LogP contribution in [0.5, 0.6) is 0 Å². The predicted octanol–water partition coefficient (Wildman–Crippen LogP) is 2.04. The molecule has 0 aromatic rings. The van der Waals surface area contributed by atoms with Crippen LogP contribution in [-0.2, 0) is 4.79 Å². The highest BCUT2D eigenvalue weighted by molar-refractivity contribution is 5.76. The van der Waals surface area contributed by atoms with Crippen LogP contribution < -0.4 is 0 Å². The van der Waals surface area contributed by atoms with E-state index in [1.807, 2.05) is 4.90 Å². The number of carbonyl (C=O) groups is 1. The van der Waals surface area contributed by atoms with Crippen LogP contribution in [-0.4, -0.2) is 23.9 Å². The molecule has 2 nitrogen and oxygen atoms in total. The molecule has 12 heavy (non-hydrogen) atoms. The average Bonchev–Trinajstić information content (AvgIpc) is 2.09. The minimum absolute atomic E-state index is 0.363. The topological polar surface area (TPSA) is 20.3 Å². The zero-order valence-corrected chi connectivity index (χ0v) is 8.18. The van der Waals surface area contributed by atoms with Gasteiger partial charge in [-0.05, 0) is 18.8 Å². The molecule has 1 aliphatic heterocycles. The van der Waals surface area contributed by atoms with Crippen molar-refractivity contribution in [2.24, 2.45) is 5.92 Å². The molecule has 1 heterocycles. The average molecular weight is 169 g/mol. The van der Waals surface area contributed by atoms with Gasteiger partial charge in [-0.1, -0.05) is 20.3 Å². The van der Waals surface area contributed by atoms with E-state index in [2.05, 4.69) is 13.8 Å². The quantitative estimate of drug-likeness (QED) is 0.633. The van der Waals surface area contributed by atoms with Gasteiger partial charge in [-0.3, -0.25) is 4.79 Å². The molecule has 0 aromatic heterocycles. The summed E-state index contributed by atoms with van der Waals surface area (Å²) in [4.78, 5) is 13.4. The fraction of sp³-hybridized carbons (Fsp3) is 0.900. The van der Waals surface area contributed by atoms with Crippen LogP contribution >= 0.6 is 0 Å². The third-order valence-electron chi connectivity index (χ3n) is 2.67. The van der Waals surface area contributed by atoms with Crippen molar-refractivity contribution < 1.29 is 4.79 Å². The summed E-state index contributed by atoms with van der Waals surface area (Å²) in [7, 11) is 0. The van der Waals surface area contributed by atoms with Crippen LogP contribution in [0.2, 0.25) is 0 Å². The van der Waals surface area contributed by atoms with Gasteiger partial charge in [0.25, 0.3) is 0 Å². The molecule has 0 radical (unpaired) electrons. The molecule has 1 rings (SSSR count). The maximum atomic E-state index is 11.4. The first kappa shape index (κ1) is 9.56. The van der Waals surface area contributed by atoms with Crippen molar-refractivity contribution in [1.29, 1.82) is 0 Å². The van der Waals surface area contributed by atoms with Crippen LogP contribution in [0, 0.1) is 5.92 Å². The van der Waals surface area contributed by atoms with Crippen LogP contribution in [0.4, 0.5) is 0 Å². The maximum absolute atomic E-state index is 11.4. The number of hydrogen-bond donors (Lipinski definition) is 0. The van der Waals surface area contributed by atoms with Crippen molar-refractivity contribution in [3.63, 3.8) is 0 Å². The molecule has 70 valence electrons. The Morgan fingerprint density at radius 2 is 2.25 bits per heavy atom. The van der Waals surface area contributed by atoms with Gasteiger partial charge < -0.3 is 4.90 Å². The molecular weight excluding hydrogens is 150 g/mol. The molecule has 1 atom stereocenters. The third kappa shape index (κ3) is 2.23. The van der Waals surface area contributed by atoms with Crippen molar-refractivity contribution in [2.45, 2.75) is 39.5 Å². The predicted molar refractivity (Wildman–Crippen MR) is 49.9 cm³/mol. The molecule has 0 saturated carbocycles. The number of rotatable bonds is 3. The normalized spacial score (nSPS) is 24.7. The van der Waals surface area contributed by atoms with E-state index in [1.54, 1.807) is 0 Å². The molecule has 0 bridgehead atoms. The fourth-order valence-electron chi connectivity index (χ4n) is 1.81. The summed E-state index contributed by atoms with van der Waals surface area (Å²) in [5, 5.41) is 0. The zero-order chi connectivity index (χ0) is 8.97. The molecule has 0 spiro atoms. The largest absolute Gasteiger partial charge is 0.342 e. The first-order valence-corrected chi connectivity index (χ1v) is 5.05. The van der Waals surface area contributed by atoms with Gasteiger partial charge in [0.2, 0.25) is 5.91 Å². The lowest BCUT2D eigenvalue weighted by atomic mass is 9.95. The van der Waals surface area contributed by atoms with E-state index in [1.165, 1.54) is 6.42 Å². The van der Waals surface area contributed by atoms with Crippen LogP contribution in [0.3, 0.4) is 0 Å². The summed E-state index contributed by atoms with van der Waals surface area (Å²) >= 11 is 0. The van der Waals surface area contributed by atoms with Gasteiger partial charge >= 0.3 is 0 Å². The van der Waals surface area contributed by atoms with Crippen LogP contribution in [0.15, 0.2) is 0 Å². The number of piperidine rings is 1. The molecule has 1 saturated heterocycles. The molecule has 0 aliphatic carbocycles. The van der Waals surface area contributed by atoms with E-state index in [4.69, 9.17) is 0 Å². The molecule has 2 heteroatoms. The first-order chi connectivity index (χ1) is 5.77. The second kappa shape index (κ2) is 4.48. The van der Waals surface area contributed by atoms with Gasteiger partial charge in [0, 0.05) is 19.5 Å². The Labute approximate surface area is 74.9 Å². The minimum Gasteiger partial charge on any atom is -0.342 e. The molecular formula is C10H19NO. The zero-order valence-electron chi connectivity index (χ0n) is 8.18. The van der Waals surface area contributed by atoms with Gasteiger partial charge in [0.05, 0.1) is 0 Å². The van der Waals surface area contributed by atoms with Gasteiger partial charge in [-0.2, -0.15) is 0 Å². The minimum atomic E-state index is 0.363. The van der Waals surface area contributed by atoms with Crippen molar-refractivity contribution in [1.82, 2.24) is 4.90 Å². The van der Waals surface area contributed by atoms with Crippen LogP contribution in [0.1, 0.15) is 39.5 Å². The molecule has 1 fully saturated rings. The highest BCUT2D eigenvalue weighted by Gasteiger charge is 2.23. The van der Waals surface area contributed by atoms with Gasteiger partial charge in [-0.15, -0.1) is 0 Å². The van der Waals surface area contributed by atoms with Gasteiger partial charge in [-0.25, -0.2) is 0 Å². The second-order valence-corrected chi connectivity index (χ2v) is 3.65. The monoisotopic (exact) mass is 169 g/mol. The van der Waals surface area contributed by atoms with E-state index in [0.29, 0.717) is 5.91 Å². The van der Waals surface area contributed by atoms with E-state index in [-0.39, 0.29) is 0 Å². The Bertz CT molecular complexity index is 156. The number of amides is 1. The Hall–Kier alpha value is -0.530. The van der Waals surface area contributed by atoms with E-state index >= 15 is 0 Å². The summed E-state index contributed by atoms with van der Waals surface area (Å²) in [6.07, 6.45) is 4.18. The summed E-state index contributed by atoms with van der Waals surface area (Å²) in [6.45, 7) is 6.30. The second-order valence-electron chi connectivity index (χ2n) is 3.65. The van der Waals surface area contributed by atoms with E-state index < -0.39 is 0 Å². The fourth-order valence-corrected chi connectivity index (χ4v) is 1.81. The highest BCUT2D eigenvalue weighted by atomic mass is 16.2. The first-order valence-electron chi connectivity index (χ1n) is 5.05. The molecule has 0 aromatic carbocycles. The Morgan fingerprint density at radius 3 is 2.83 bits per heavy atom. The van der Waals surface area contributed by atoms with Crippen LogP contribution in [0.25, 0.3) is 0 Å². The Kier molecular flexibility index (Phi) is 3.57. The SMILES string of the molecule is CCCN1CC(CC)CCC1=O. The number of nitrogens with zero attached hydrogens (tertiary/aromatic N) is 1. The molecule has 1 unspecified atom stereocenters. The number of likely N-dealkylation sites (tertiary alicyclic amines) is 1. The van der Waals surface area contributed by atoms with Gasteiger partial charge in [0.1, 0.15) is 0 Å². The van der Waals surface area contributed by atoms with Crippen molar-refractivity contribution in [3.05, 3.63) is 0 Å². The summed E-state index contributed by atoms with van der Waals surface area (Å²) in [5.41, 5.74) is 0. The lowest BCUT2D eigenvalue weighted by Crippen LogP contribution is -2.40. The molecule has 0 N–H and O–H groups in total. The Balaban J connectivity index is 2.41. The summed E-state index contributed by atoms with van der Waals surface area (Å²) < 4.78 is 0. The summed E-state index contributed by atoms with van der Waals surface area (Å²) in [6, 6.07) is 0. The number of carbonyl (C=O) groups excluding carboxylic acids is 1.